The van der Waals surface area contributed by atoms with Crippen molar-refractivity contribution in [3.63, 3.8) is 0 Å². The molecule has 1 N–H and O–H groups in total. The molecule has 0 bridgehead atoms. The van der Waals surface area contributed by atoms with Crippen LogP contribution in [-0.2, 0) is 0 Å². The van der Waals surface area contributed by atoms with Crippen molar-refractivity contribution in [3.8, 4) is 33.9 Å². The van der Waals surface area contributed by atoms with Gasteiger partial charge in [0.15, 0.2) is 5.43 Å². The summed E-state index contributed by atoms with van der Waals surface area (Å²) in [7, 11) is -1.94. The molecule has 5 heteroatoms. The van der Waals surface area contributed by atoms with Gasteiger partial charge in [0.25, 0.3) is 0 Å². The normalized spacial score (nSPS) is 12.5. The first-order valence-corrected chi connectivity index (χ1v) is 13.4. The summed E-state index contributed by atoms with van der Waals surface area (Å²) in [6.45, 7) is 13.2. The van der Waals surface area contributed by atoms with Crippen molar-refractivity contribution in [1.82, 2.24) is 0 Å². The number of phenolic OH excluding ortho intramolecular Hbond substituents is 1. The maximum atomic E-state index is 11.9. The van der Waals surface area contributed by atoms with Crippen molar-refractivity contribution < 1.29 is 13.9 Å². The molecule has 0 saturated heterocycles. The van der Waals surface area contributed by atoms with Crippen molar-refractivity contribution in [3.05, 3.63) is 70.4 Å². The van der Waals surface area contributed by atoms with E-state index in [1.54, 1.807) is 18.2 Å². The van der Waals surface area contributed by atoms with E-state index in [-0.39, 0.29) is 16.2 Å². The topological polar surface area (TPSA) is 59.7 Å². The lowest BCUT2D eigenvalue weighted by Gasteiger charge is -2.36. The van der Waals surface area contributed by atoms with Gasteiger partial charge in [0.2, 0.25) is 8.32 Å². The SMILES string of the molecule is Cc1cc(O[Si](C)(C)C(C)(C)C)ccc1-c1c2ccc(=O)cc-2oc2cc(O)ccc12. The first kappa shape index (κ1) is 21.2. The zero-order chi connectivity index (χ0) is 22.6. The molecule has 4 rings (SSSR count). The van der Waals surface area contributed by atoms with Crippen LogP contribution in [0.25, 0.3) is 33.4 Å². The Kier molecular flexibility index (Phi) is 4.97. The van der Waals surface area contributed by atoms with E-state index in [1.165, 1.54) is 6.07 Å². The molecule has 1 heterocycles. The summed E-state index contributed by atoms with van der Waals surface area (Å²) in [5.74, 6) is 1.50. The van der Waals surface area contributed by atoms with E-state index in [1.807, 2.05) is 18.2 Å². The molecule has 2 aliphatic rings. The average Bonchev–Trinajstić information content (AvgIpc) is 2.65. The van der Waals surface area contributed by atoms with Crippen LogP contribution in [0, 0.1) is 6.92 Å². The molecule has 0 fully saturated rings. The first-order chi connectivity index (χ1) is 14.5. The van der Waals surface area contributed by atoms with E-state index in [0.717, 1.165) is 33.4 Å². The summed E-state index contributed by atoms with van der Waals surface area (Å²) in [6.07, 6.45) is 0. The molecule has 31 heavy (non-hydrogen) atoms. The molecule has 4 nitrogen and oxygen atoms in total. The lowest BCUT2D eigenvalue weighted by molar-refractivity contribution is 0.474. The van der Waals surface area contributed by atoms with Crippen molar-refractivity contribution >= 4 is 19.3 Å². The lowest BCUT2D eigenvalue weighted by Crippen LogP contribution is -2.43. The van der Waals surface area contributed by atoms with Gasteiger partial charge >= 0.3 is 0 Å². The Bertz CT molecular complexity index is 1310. The van der Waals surface area contributed by atoms with Crippen LogP contribution < -0.4 is 9.85 Å². The highest BCUT2D eigenvalue weighted by Gasteiger charge is 2.39. The van der Waals surface area contributed by atoms with Crippen molar-refractivity contribution in [2.75, 3.05) is 0 Å². The smallest absolute Gasteiger partial charge is 0.250 e. The first-order valence-electron chi connectivity index (χ1n) is 10.5. The largest absolute Gasteiger partial charge is 0.543 e. The van der Waals surface area contributed by atoms with E-state index in [0.29, 0.717) is 11.3 Å². The van der Waals surface area contributed by atoms with Gasteiger partial charge in [0, 0.05) is 28.6 Å². The third-order valence-corrected chi connectivity index (χ3v) is 10.7. The molecule has 1 aliphatic heterocycles. The fraction of sp³-hybridized carbons (Fsp3) is 0.269. The van der Waals surface area contributed by atoms with Crippen molar-refractivity contribution in [1.29, 1.82) is 0 Å². The summed E-state index contributed by atoms with van der Waals surface area (Å²) in [5.41, 5.74) is 4.37. The van der Waals surface area contributed by atoms with Gasteiger partial charge in [0.1, 0.15) is 22.8 Å². The average molecular weight is 433 g/mol. The van der Waals surface area contributed by atoms with E-state index in [2.05, 4.69) is 52.9 Å². The van der Waals surface area contributed by atoms with Crippen LogP contribution in [0.3, 0.4) is 0 Å². The number of hydrogen-bond acceptors (Lipinski definition) is 4. The summed E-state index contributed by atoms with van der Waals surface area (Å²) in [5, 5.41) is 10.9. The summed E-state index contributed by atoms with van der Waals surface area (Å²) < 4.78 is 12.4. The van der Waals surface area contributed by atoms with E-state index >= 15 is 0 Å². The Labute approximate surface area is 183 Å². The number of hydrogen-bond donors (Lipinski definition) is 1. The predicted octanol–water partition coefficient (Wildman–Crippen LogP) is 6.96. The zero-order valence-electron chi connectivity index (χ0n) is 18.9. The molecule has 0 radical (unpaired) electrons. The fourth-order valence-electron chi connectivity index (χ4n) is 3.58. The van der Waals surface area contributed by atoms with Crippen molar-refractivity contribution in [2.45, 2.75) is 45.8 Å². The Morgan fingerprint density at radius 1 is 0.935 bits per heavy atom. The van der Waals surface area contributed by atoms with Gasteiger partial charge in [-0.15, -0.1) is 0 Å². The molecule has 0 unspecified atom stereocenters. The van der Waals surface area contributed by atoms with Crippen molar-refractivity contribution in [2.24, 2.45) is 0 Å². The zero-order valence-corrected chi connectivity index (χ0v) is 19.9. The van der Waals surface area contributed by atoms with Crippen LogP contribution in [0.1, 0.15) is 26.3 Å². The van der Waals surface area contributed by atoms with Gasteiger partial charge in [-0.3, -0.25) is 4.79 Å². The second-order valence-corrected chi connectivity index (χ2v) is 14.4. The molecule has 0 atom stereocenters. The Balaban J connectivity index is 1.91. The predicted molar refractivity (Wildman–Crippen MR) is 129 cm³/mol. The third kappa shape index (κ3) is 3.86. The second-order valence-electron chi connectivity index (χ2n) is 9.65. The highest BCUT2D eigenvalue weighted by atomic mass is 28.4. The van der Waals surface area contributed by atoms with Crippen LogP contribution in [0.5, 0.6) is 11.5 Å². The number of aromatic hydroxyl groups is 1. The Morgan fingerprint density at radius 2 is 1.65 bits per heavy atom. The van der Waals surface area contributed by atoms with Gasteiger partial charge < -0.3 is 13.9 Å². The molecule has 0 aromatic heterocycles. The van der Waals surface area contributed by atoms with E-state index in [4.69, 9.17) is 8.84 Å². The standard InChI is InChI=1S/C26H28O4Si/c1-16-13-19(30-31(5,6)26(2,3)4)9-12-20(16)25-21-10-7-17(27)14-23(21)29-24-15-18(28)8-11-22(24)25/h7-15,27H,1-6H3. The number of benzene rings is 3. The molecular formula is C26H28O4Si. The monoisotopic (exact) mass is 432 g/mol. The molecule has 2 aromatic carbocycles. The van der Waals surface area contributed by atoms with Crippen LogP contribution >= 0.6 is 0 Å². The van der Waals surface area contributed by atoms with Gasteiger partial charge in [-0.05, 0) is 72.6 Å². The molecule has 0 saturated carbocycles. The molecular weight excluding hydrogens is 404 g/mol. The molecule has 2 aromatic rings. The minimum Gasteiger partial charge on any atom is -0.543 e. The lowest BCUT2D eigenvalue weighted by atomic mass is 9.91. The number of phenols is 1. The fourth-order valence-corrected chi connectivity index (χ4v) is 4.60. The Hall–Kier alpha value is -3.05. The van der Waals surface area contributed by atoms with Gasteiger partial charge in [0.05, 0.1) is 0 Å². The third-order valence-electron chi connectivity index (χ3n) is 6.32. The van der Waals surface area contributed by atoms with Gasteiger partial charge in [-0.25, -0.2) is 0 Å². The molecule has 160 valence electrons. The highest BCUT2D eigenvalue weighted by Crippen LogP contribution is 2.43. The second kappa shape index (κ2) is 7.27. The van der Waals surface area contributed by atoms with Gasteiger partial charge in [-0.2, -0.15) is 0 Å². The van der Waals surface area contributed by atoms with Crippen LogP contribution in [0.4, 0.5) is 0 Å². The number of fused-ring (bicyclic) bond motifs is 2. The highest BCUT2D eigenvalue weighted by molar-refractivity contribution is 6.74. The Morgan fingerprint density at radius 3 is 2.32 bits per heavy atom. The van der Waals surface area contributed by atoms with Crippen LogP contribution in [0.2, 0.25) is 18.1 Å². The minimum atomic E-state index is -1.94. The number of aryl methyl sites for hydroxylation is 1. The minimum absolute atomic E-state index is 0.114. The maximum absolute atomic E-state index is 11.9. The molecule has 1 aliphatic carbocycles. The summed E-state index contributed by atoms with van der Waals surface area (Å²) in [6, 6.07) is 16.1. The van der Waals surface area contributed by atoms with Crippen LogP contribution in [0.15, 0.2) is 63.8 Å². The van der Waals surface area contributed by atoms with E-state index in [9.17, 15) is 9.90 Å². The van der Waals surface area contributed by atoms with Gasteiger partial charge in [-0.1, -0.05) is 26.8 Å². The van der Waals surface area contributed by atoms with Crippen LogP contribution in [-0.4, -0.2) is 13.4 Å². The van der Waals surface area contributed by atoms with E-state index < -0.39 is 8.32 Å². The maximum Gasteiger partial charge on any atom is 0.250 e. The molecule has 0 spiro atoms. The summed E-state index contributed by atoms with van der Waals surface area (Å²) >= 11 is 0. The number of rotatable bonds is 3. The molecule has 0 amide bonds. The quantitative estimate of drug-likeness (QED) is 0.281. The summed E-state index contributed by atoms with van der Waals surface area (Å²) in [4.78, 5) is 11.9.